The van der Waals surface area contributed by atoms with Crippen molar-refractivity contribution in [3.8, 4) is 0 Å². The van der Waals surface area contributed by atoms with Crippen LogP contribution in [0.25, 0.3) is 0 Å². The van der Waals surface area contributed by atoms with E-state index in [2.05, 4.69) is 10.3 Å². The molecule has 0 aliphatic carbocycles. The molecule has 0 fully saturated rings. The quantitative estimate of drug-likeness (QED) is 0.834. The minimum Gasteiger partial charge on any atom is -0.467 e. The van der Waals surface area contributed by atoms with Gasteiger partial charge in [0.1, 0.15) is 5.82 Å². The standard InChI is InChI=1S/C15H17N3O2/c1-10-8-9-12(16)14(17-10)18-13(15(19)20-2)11-6-4-3-5-7-11/h3-9,13H,16H2,1-2H3,(H,17,18). The van der Waals surface area contributed by atoms with Crippen molar-refractivity contribution >= 4 is 17.5 Å². The van der Waals surface area contributed by atoms with Gasteiger partial charge in [-0.3, -0.25) is 0 Å². The lowest BCUT2D eigenvalue weighted by Gasteiger charge is -2.18. The van der Waals surface area contributed by atoms with Crippen molar-refractivity contribution in [2.45, 2.75) is 13.0 Å². The van der Waals surface area contributed by atoms with E-state index < -0.39 is 6.04 Å². The molecule has 1 atom stereocenters. The Bertz CT molecular complexity index is 599. The van der Waals surface area contributed by atoms with Crippen LogP contribution in [-0.2, 0) is 9.53 Å². The number of nitrogen functional groups attached to an aromatic ring is 1. The van der Waals surface area contributed by atoms with Gasteiger partial charge in [0.25, 0.3) is 0 Å². The number of nitrogens with zero attached hydrogens (tertiary/aromatic N) is 1. The zero-order chi connectivity index (χ0) is 14.5. The maximum atomic E-state index is 12.0. The second kappa shape index (κ2) is 6.06. The molecule has 2 rings (SSSR count). The van der Waals surface area contributed by atoms with E-state index in [4.69, 9.17) is 10.5 Å². The molecule has 1 aromatic heterocycles. The van der Waals surface area contributed by atoms with E-state index >= 15 is 0 Å². The number of esters is 1. The minimum absolute atomic E-state index is 0.390. The number of carbonyl (C=O) groups excluding carboxylic acids is 1. The molecule has 104 valence electrons. The number of carbonyl (C=O) groups is 1. The normalized spacial score (nSPS) is 11.7. The van der Waals surface area contributed by atoms with Crippen molar-refractivity contribution in [3.05, 3.63) is 53.7 Å². The molecule has 1 heterocycles. The smallest absolute Gasteiger partial charge is 0.333 e. The molecule has 0 aliphatic heterocycles. The Kier molecular flexibility index (Phi) is 4.20. The van der Waals surface area contributed by atoms with Gasteiger partial charge in [0.15, 0.2) is 6.04 Å². The molecule has 2 aromatic rings. The van der Waals surface area contributed by atoms with Gasteiger partial charge in [-0.1, -0.05) is 30.3 Å². The first-order valence-corrected chi connectivity index (χ1v) is 6.24. The summed E-state index contributed by atoms with van der Waals surface area (Å²) in [5, 5.41) is 3.04. The van der Waals surface area contributed by atoms with Crippen molar-refractivity contribution in [1.29, 1.82) is 0 Å². The fourth-order valence-electron chi connectivity index (χ4n) is 1.86. The Morgan fingerprint density at radius 1 is 1.25 bits per heavy atom. The Morgan fingerprint density at radius 3 is 2.60 bits per heavy atom. The van der Waals surface area contributed by atoms with E-state index in [1.165, 1.54) is 7.11 Å². The first kappa shape index (κ1) is 13.9. The van der Waals surface area contributed by atoms with Crippen LogP contribution in [0.3, 0.4) is 0 Å². The first-order chi connectivity index (χ1) is 9.61. The Labute approximate surface area is 117 Å². The molecule has 5 heteroatoms. The topological polar surface area (TPSA) is 77.2 Å². The van der Waals surface area contributed by atoms with Gasteiger partial charge in [-0.2, -0.15) is 0 Å². The predicted molar refractivity (Wildman–Crippen MR) is 78.2 cm³/mol. The third-order valence-electron chi connectivity index (χ3n) is 2.92. The van der Waals surface area contributed by atoms with Crippen molar-refractivity contribution in [2.24, 2.45) is 0 Å². The molecular weight excluding hydrogens is 254 g/mol. The maximum absolute atomic E-state index is 12.0. The van der Waals surface area contributed by atoms with Gasteiger partial charge in [-0.15, -0.1) is 0 Å². The molecule has 0 bridgehead atoms. The van der Waals surface area contributed by atoms with Gasteiger partial charge >= 0.3 is 5.97 Å². The van der Waals surface area contributed by atoms with Gasteiger partial charge in [-0.05, 0) is 24.6 Å². The summed E-state index contributed by atoms with van der Waals surface area (Å²) < 4.78 is 4.84. The maximum Gasteiger partial charge on any atom is 0.333 e. The third kappa shape index (κ3) is 3.06. The van der Waals surface area contributed by atoms with Gasteiger partial charge in [0.05, 0.1) is 12.8 Å². The van der Waals surface area contributed by atoms with Crippen molar-refractivity contribution in [3.63, 3.8) is 0 Å². The van der Waals surface area contributed by atoms with Crippen LogP contribution in [0, 0.1) is 6.92 Å². The van der Waals surface area contributed by atoms with E-state index in [0.29, 0.717) is 11.5 Å². The number of benzene rings is 1. The zero-order valence-electron chi connectivity index (χ0n) is 11.5. The number of ether oxygens (including phenoxy) is 1. The Balaban J connectivity index is 2.34. The van der Waals surface area contributed by atoms with Gasteiger partial charge < -0.3 is 15.8 Å². The van der Waals surface area contributed by atoms with Crippen molar-refractivity contribution < 1.29 is 9.53 Å². The van der Waals surface area contributed by atoms with Crippen LogP contribution in [0.4, 0.5) is 11.5 Å². The monoisotopic (exact) mass is 271 g/mol. The zero-order valence-corrected chi connectivity index (χ0v) is 11.5. The summed E-state index contributed by atoms with van der Waals surface area (Å²) in [4.78, 5) is 16.3. The van der Waals surface area contributed by atoms with Gasteiger partial charge in [0, 0.05) is 5.69 Å². The number of hydrogen-bond acceptors (Lipinski definition) is 5. The molecule has 0 saturated carbocycles. The average Bonchev–Trinajstić information content (AvgIpc) is 2.48. The molecule has 0 radical (unpaired) electrons. The Morgan fingerprint density at radius 2 is 1.95 bits per heavy atom. The van der Waals surface area contributed by atoms with E-state index in [0.717, 1.165) is 11.3 Å². The van der Waals surface area contributed by atoms with Gasteiger partial charge in [-0.25, -0.2) is 9.78 Å². The van der Waals surface area contributed by atoms with Crippen LogP contribution in [0.15, 0.2) is 42.5 Å². The van der Waals surface area contributed by atoms with E-state index in [1.807, 2.05) is 43.3 Å². The van der Waals surface area contributed by atoms with Crippen molar-refractivity contribution in [1.82, 2.24) is 4.98 Å². The van der Waals surface area contributed by atoms with Crippen LogP contribution in [0.5, 0.6) is 0 Å². The van der Waals surface area contributed by atoms with Crippen molar-refractivity contribution in [2.75, 3.05) is 18.2 Å². The predicted octanol–water partition coefficient (Wildman–Crippen LogP) is 2.30. The number of nitrogens with two attached hydrogens (primary N) is 1. The molecular formula is C15H17N3O2. The highest BCUT2D eigenvalue weighted by Crippen LogP contribution is 2.23. The molecule has 1 aromatic carbocycles. The minimum atomic E-state index is -0.641. The summed E-state index contributed by atoms with van der Waals surface area (Å²) in [5.41, 5.74) is 7.98. The number of aryl methyl sites for hydroxylation is 1. The average molecular weight is 271 g/mol. The molecule has 20 heavy (non-hydrogen) atoms. The number of hydrogen-bond donors (Lipinski definition) is 2. The summed E-state index contributed by atoms with van der Waals surface area (Å²) in [5.74, 6) is 0.0863. The summed E-state index contributed by atoms with van der Waals surface area (Å²) in [6.45, 7) is 1.86. The third-order valence-corrected chi connectivity index (χ3v) is 2.92. The second-order valence-corrected chi connectivity index (χ2v) is 4.40. The van der Waals surface area contributed by atoms with Crippen LogP contribution in [0.1, 0.15) is 17.3 Å². The van der Waals surface area contributed by atoms with Crippen LogP contribution < -0.4 is 11.1 Å². The van der Waals surface area contributed by atoms with Crippen LogP contribution >= 0.6 is 0 Å². The summed E-state index contributed by atoms with van der Waals surface area (Å²) in [6, 6.07) is 12.2. The molecule has 0 aliphatic rings. The summed E-state index contributed by atoms with van der Waals surface area (Å²) >= 11 is 0. The highest BCUT2D eigenvalue weighted by molar-refractivity contribution is 5.82. The number of rotatable bonds is 4. The van der Waals surface area contributed by atoms with Gasteiger partial charge in [0.2, 0.25) is 0 Å². The molecule has 0 amide bonds. The summed E-state index contributed by atoms with van der Waals surface area (Å²) in [7, 11) is 1.35. The summed E-state index contributed by atoms with van der Waals surface area (Å²) in [6.07, 6.45) is 0. The molecule has 0 spiro atoms. The lowest BCUT2D eigenvalue weighted by molar-refractivity contribution is -0.141. The lowest BCUT2D eigenvalue weighted by Crippen LogP contribution is -2.23. The number of anilines is 2. The number of methoxy groups -OCH3 is 1. The fourth-order valence-corrected chi connectivity index (χ4v) is 1.86. The molecule has 3 N–H and O–H groups in total. The largest absolute Gasteiger partial charge is 0.467 e. The first-order valence-electron chi connectivity index (χ1n) is 6.24. The van der Waals surface area contributed by atoms with E-state index in [-0.39, 0.29) is 5.97 Å². The fraction of sp³-hybridized carbons (Fsp3) is 0.200. The highest BCUT2D eigenvalue weighted by atomic mass is 16.5. The number of nitrogens with one attached hydrogen (secondary N) is 1. The molecule has 0 saturated heterocycles. The number of aromatic nitrogens is 1. The van der Waals surface area contributed by atoms with Crippen LogP contribution in [-0.4, -0.2) is 18.1 Å². The lowest BCUT2D eigenvalue weighted by atomic mass is 10.1. The SMILES string of the molecule is COC(=O)C(Nc1nc(C)ccc1N)c1ccccc1. The second-order valence-electron chi connectivity index (χ2n) is 4.40. The highest BCUT2D eigenvalue weighted by Gasteiger charge is 2.22. The molecule has 1 unspecified atom stereocenters. The number of pyridine rings is 1. The molecule has 5 nitrogen and oxygen atoms in total. The van der Waals surface area contributed by atoms with Crippen LogP contribution in [0.2, 0.25) is 0 Å². The van der Waals surface area contributed by atoms with E-state index in [1.54, 1.807) is 6.07 Å². The van der Waals surface area contributed by atoms with E-state index in [9.17, 15) is 4.79 Å². The Hall–Kier alpha value is -2.56.